The number of imide groups is 1. The van der Waals surface area contributed by atoms with Crippen LogP contribution in [-0.4, -0.2) is 87.4 Å². The van der Waals surface area contributed by atoms with Crippen LogP contribution in [0.15, 0.2) is 70.9 Å². The molecule has 6 N–H and O–H groups in total. The van der Waals surface area contributed by atoms with Crippen LogP contribution in [0.5, 0.6) is 0 Å². The molecule has 0 aromatic heterocycles. The molecule has 0 unspecified atom stereocenters. The van der Waals surface area contributed by atoms with Gasteiger partial charge >= 0.3 is 18.0 Å². The largest absolute Gasteiger partial charge is 0.481 e. The summed E-state index contributed by atoms with van der Waals surface area (Å²) in [4.78, 5) is 96.1. The van der Waals surface area contributed by atoms with Crippen molar-refractivity contribution < 1.29 is 53.3 Å². The van der Waals surface area contributed by atoms with Crippen molar-refractivity contribution in [1.82, 2.24) is 15.5 Å². The summed E-state index contributed by atoms with van der Waals surface area (Å²) < 4.78 is 5.04. The van der Waals surface area contributed by atoms with E-state index in [0.29, 0.717) is 22.7 Å². The van der Waals surface area contributed by atoms with Gasteiger partial charge in [0.2, 0.25) is 17.7 Å². The van der Waals surface area contributed by atoms with Gasteiger partial charge in [-0.1, -0.05) is 0 Å². The van der Waals surface area contributed by atoms with Gasteiger partial charge in [0.25, 0.3) is 11.8 Å². The Morgan fingerprint density at radius 3 is 1.77 bits per heavy atom. The third-order valence-corrected chi connectivity index (χ3v) is 7.05. The van der Waals surface area contributed by atoms with Crippen LogP contribution in [0.1, 0.15) is 46.5 Å². The number of nitrogens with one attached hydrogen (secondary N) is 4. The lowest BCUT2D eigenvalue weighted by Crippen LogP contribution is -2.45. The maximum Gasteiger partial charge on any atom is 0.408 e. The van der Waals surface area contributed by atoms with E-state index in [1.807, 2.05) is 0 Å². The van der Waals surface area contributed by atoms with Gasteiger partial charge in [-0.2, -0.15) is 10.2 Å². The van der Waals surface area contributed by atoms with Gasteiger partial charge in [-0.15, -0.1) is 0 Å². The standard InChI is InChI=1S/C34H39N7O11/c1-34(2,3)52-33(51)38-25(32(49)50)17-20(31(47)48)5-4-6-26(42)35-18-27(43)36-21-7-11-23(12-8-21)39-40-24-13-9-22(10-14-24)37-28(44)19-41-29(45)15-16-30(41)46/h7-16,20,25H,4-6,17-19H2,1-3H3,(H,35,42)(H,36,43)(H,37,44)(H,38,51)(H,47,48)(H,49,50)/t20-,25-/m0/s1. The highest BCUT2D eigenvalue weighted by Crippen LogP contribution is 2.22. The highest BCUT2D eigenvalue weighted by molar-refractivity contribution is 6.15. The molecule has 0 fully saturated rings. The molecule has 0 saturated heterocycles. The monoisotopic (exact) mass is 721 g/mol. The number of hydrogen-bond acceptors (Lipinski definition) is 11. The number of ether oxygens (including phenoxy) is 1. The lowest BCUT2D eigenvalue weighted by molar-refractivity contribution is -0.145. The van der Waals surface area contributed by atoms with E-state index in [0.717, 1.165) is 17.1 Å². The third-order valence-electron chi connectivity index (χ3n) is 7.05. The second kappa shape index (κ2) is 18.5. The summed E-state index contributed by atoms with van der Waals surface area (Å²) in [6.45, 7) is 4.01. The highest BCUT2D eigenvalue weighted by Gasteiger charge is 2.30. The Hall–Kier alpha value is -6.46. The number of alkyl carbamates (subject to hydrolysis) is 1. The van der Waals surface area contributed by atoms with Gasteiger partial charge in [0, 0.05) is 29.9 Å². The molecule has 6 amide bonds. The van der Waals surface area contributed by atoms with Gasteiger partial charge in [0.1, 0.15) is 18.2 Å². The lowest BCUT2D eigenvalue weighted by Gasteiger charge is -2.23. The summed E-state index contributed by atoms with van der Waals surface area (Å²) in [5, 5.41) is 37.0. The molecule has 18 nitrogen and oxygen atoms in total. The number of carboxylic acids is 2. The zero-order valence-corrected chi connectivity index (χ0v) is 28.6. The summed E-state index contributed by atoms with van der Waals surface area (Å²) >= 11 is 0. The maximum absolute atomic E-state index is 12.3. The second-order valence-corrected chi connectivity index (χ2v) is 12.5. The van der Waals surface area contributed by atoms with Crippen molar-refractivity contribution in [2.45, 2.75) is 58.1 Å². The first-order valence-electron chi connectivity index (χ1n) is 16.0. The molecule has 2 aromatic rings. The fourth-order valence-corrected chi connectivity index (χ4v) is 4.55. The molecule has 18 heteroatoms. The van der Waals surface area contributed by atoms with Crippen molar-refractivity contribution in [2.75, 3.05) is 23.7 Å². The minimum Gasteiger partial charge on any atom is -0.481 e. The van der Waals surface area contributed by atoms with Crippen LogP contribution in [0.2, 0.25) is 0 Å². The average molecular weight is 722 g/mol. The third kappa shape index (κ3) is 13.8. The Balaban J connectivity index is 1.38. The van der Waals surface area contributed by atoms with Gasteiger partial charge in [0.05, 0.1) is 23.8 Å². The lowest BCUT2D eigenvalue weighted by atomic mass is 9.94. The number of carbonyl (C=O) groups excluding carboxylic acids is 6. The van der Waals surface area contributed by atoms with Crippen LogP contribution in [0, 0.1) is 5.92 Å². The number of amides is 6. The molecule has 0 radical (unpaired) electrons. The second-order valence-electron chi connectivity index (χ2n) is 12.5. The number of carbonyl (C=O) groups is 8. The first kappa shape index (κ1) is 40.0. The van der Waals surface area contributed by atoms with Crippen molar-refractivity contribution in [2.24, 2.45) is 16.1 Å². The summed E-state index contributed by atoms with van der Waals surface area (Å²) in [5.74, 6) is -6.57. The van der Waals surface area contributed by atoms with Crippen LogP contribution in [0.25, 0.3) is 0 Å². The van der Waals surface area contributed by atoms with Crippen molar-refractivity contribution in [3.8, 4) is 0 Å². The van der Waals surface area contributed by atoms with Crippen LogP contribution in [0.3, 0.4) is 0 Å². The van der Waals surface area contributed by atoms with Gasteiger partial charge in [-0.3, -0.25) is 33.7 Å². The Morgan fingerprint density at radius 2 is 1.29 bits per heavy atom. The van der Waals surface area contributed by atoms with Gasteiger partial charge in [-0.25, -0.2) is 9.59 Å². The van der Waals surface area contributed by atoms with E-state index in [2.05, 4.69) is 31.5 Å². The normalized spacial score (nSPS) is 13.7. The summed E-state index contributed by atoms with van der Waals surface area (Å²) in [6.07, 6.45) is 0.692. The van der Waals surface area contributed by atoms with E-state index >= 15 is 0 Å². The van der Waals surface area contributed by atoms with Crippen molar-refractivity contribution in [1.29, 1.82) is 0 Å². The number of benzene rings is 2. The zero-order chi connectivity index (χ0) is 38.4. The van der Waals surface area contributed by atoms with E-state index < -0.39 is 78.1 Å². The summed E-state index contributed by atoms with van der Waals surface area (Å²) in [7, 11) is 0. The first-order valence-corrected chi connectivity index (χ1v) is 16.0. The van der Waals surface area contributed by atoms with E-state index in [1.165, 1.54) is 0 Å². The van der Waals surface area contributed by atoms with E-state index in [-0.39, 0.29) is 25.8 Å². The number of carboxylic acid groups (broad SMARTS) is 2. The number of azo groups is 1. The number of aliphatic carboxylic acids is 2. The molecule has 0 saturated carbocycles. The summed E-state index contributed by atoms with van der Waals surface area (Å²) in [5.41, 5.74) is 0.901. The van der Waals surface area contributed by atoms with Crippen LogP contribution in [-0.2, 0) is 38.3 Å². The predicted octanol–water partition coefficient (Wildman–Crippen LogP) is 3.26. The minimum atomic E-state index is -1.51. The molecule has 0 spiro atoms. The maximum atomic E-state index is 12.3. The van der Waals surface area contributed by atoms with Crippen molar-refractivity contribution in [3.05, 3.63) is 60.7 Å². The van der Waals surface area contributed by atoms with Gasteiger partial charge in [0.15, 0.2) is 0 Å². The summed E-state index contributed by atoms with van der Waals surface area (Å²) in [6, 6.07) is 11.2. The van der Waals surface area contributed by atoms with E-state index in [9.17, 15) is 48.6 Å². The molecule has 1 aliphatic heterocycles. The molecule has 0 bridgehead atoms. The Morgan fingerprint density at radius 1 is 0.769 bits per heavy atom. The Bertz CT molecular complexity index is 1720. The number of nitrogens with zero attached hydrogens (tertiary/aromatic N) is 3. The quantitative estimate of drug-likeness (QED) is 0.102. The number of hydrogen-bond donors (Lipinski definition) is 6. The molecular weight excluding hydrogens is 682 g/mol. The predicted molar refractivity (Wildman–Crippen MR) is 184 cm³/mol. The zero-order valence-electron chi connectivity index (χ0n) is 28.6. The Kier molecular flexibility index (Phi) is 14.2. The molecular formula is C34H39N7O11. The molecule has 52 heavy (non-hydrogen) atoms. The molecule has 2 aromatic carbocycles. The SMILES string of the molecule is CC(C)(C)OC(=O)N[C@@H](C[C@H](CCCC(=O)NCC(=O)Nc1ccc(N=Nc2ccc(NC(=O)CN3C(=O)C=CC3=O)cc2)cc1)C(=O)O)C(=O)O. The topological polar surface area (TPSA) is 262 Å². The number of rotatable bonds is 17. The van der Waals surface area contributed by atoms with Gasteiger partial charge < -0.3 is 36.2 Å². The van der Waals surface area contributed by atoms with Crippen molar-refractivity contribution >= 4 is 70.3 Å². The highest BCUT2D eigenvalue weighted by atomic mass is 16.6. The molecule has 1 heterocycles. The first-order chi connectivity index (χ1) is 24.5. The van der Waals surface area contributed by atoms with Crippen LogP contribution in [0.4, 0.5) is 27.5 Å². The molecule has 276 valence electrons. The molecule has 1 aliphatic rings. The Labute approximate surface area is 297 Å². The van der Waals surface area contributed by atoms with E-state index in [4.69, 9.17) is 4.74 Å². The molecule has 3 rings (SSSR count). The smallest absolute Gasteiger partial charge is 0.408 e. The number of anilines is 2. The minimum absolute atomic E-state index is 0.0483. The average Bonchev–Trinajstić information content (AvgIpc) is 3.37. The van der Waals surface area contributed by atoms with E-state index in [1.54, 1.807) is 69.3 Å². The molecule has 2 atom stereocenters. The van der Waals surface area contributed by atoms with Gasteiger partial charge in [-0.05, 0) is 88.6 Å². The fraction of sp³-hybridized carbons (Fsp3) is 0.353. The van der Waals surface area contributed by atoms with Crippen LogP contribution >= 0.6 is 0 Å². The molecule has 0 aliphatic carbocycles. The van der Waals surface area contributed by atoms with Crippen LogP contribution < -0.4 is 21.3 Å². The van der Waals surface area contributed by atoms with Crippen molar-refractivity contribution in [3.63, 3.8) is 0 Å². The fourth-order valence-electron chi connectivity index (χ4n) is 4.55.